The fraction of sp³-hybridized carbons (Fsp3) is 1.00. The van der Waals surface area contributed by atoms with E-state index in [2.05, 4.69) is 0 Å². The molecular weight excluding hydrogens is 313 g/mol. The molecule has 0 aliphatic heterocycles. The first-order valence-electron chi connectivity index (χ1n) is 1.71. The average molecular weight is 314 g/mol. The first-order chi connectivity index (χ1) is 4.15. The van der Waals surface area contributed by atoms with Crippen LogP contribution in [0.1, 0.15) is 0 Å². The lowest BCUT2D eigenvalue weighted by atomic mass is 11.5. The topological polar surface area (TPSA) is 17.1 Å². The van der Waals surface area contributed by atoms with E-state index >= 15 is 0 Å². The molecule has 0 bridgehead atoms. The van der Waals surface area contributed by atoms with Gasteiger partial charge in [-0.3, -0.25) is 0 Å². The van der Waals surface area contributed by atoms with Crippen LogP contribution in [0.15, 0.2) is 0 Å². The number of hydrogen-bond donors (Lipinski definition) is 0. The molecule has 0 spiro atoms. The van der Waals surface area contributed by atoms with Gasteiger partial charge >= 0.3 is 11.0 Å². The predicted molar refractivity (Wildman–Crippen MR) is 35.7 cm³/mol. The zero-order valence-corrected chi connectivity index (χ0v) is 7.64. The van der Waals surface area contributed by atoms with Crippen LogP contribution in [0.25, 0.3) is 0 Å². The summed E-state index contributed by atoms with van der Waals surface area (Å²) in [7, 11) is -4.75. The van der Waals surface area contributed by atoms with Crippen LogP contribution in [-0.2, 0) is 10.8 Å². The van der Waals surface area contributed by atoms with Gasteiger partial charge in [0.1, 0.15) is 0 Å². The third-order valence-corrected chi connectivity index (χ3v) is 1.26. The molecule has 0 atom stereocenters. The first-order valence-corrected chi connectivity index (χ1v) is 2.86. The van der Waals surface area contributed by atoms with Crippen LogP contribution < -0.4 is 0 Å². The van der Waals surface area contributed by atoms with Crippen molar-refractivity contribution in [1.29, 1.82) is 0 Å². The highest BCUT2D eigenvalue weighted by molar-refractivity contribution is 14.0. The summed E-state index contributed by atoms with van der Waals surface area (Å²) in [5, 5.41) is 0. The minimum absolute atomic E-state index is 0. The number of halogens is 7. The lowest BCUT2D eigenvalue weighted by molar-refractivity contribution is -0.0795. The van der Waals surface area contributed by atoms with Gasteiger partial charge in [-0.1, -0.05) is 0 Å². The van der Waals surface area contributed by atoms with E-state index < -0.39 is 21.8 Å². The Hall–Kier alpha value is 0.460. The molecule has 70 valence electrons. The molecule has 0 fully saturated rings. The largest absolute Gasteiger partial charge is 0.479 e. The number of rotatable bonds is 0. The van der Waals surface area contributed by atoms with E-state index in [-0.39, 0.29) is 24.0 Å². The van der Waals surface area contributed by atoms with Crippen molar-refractivity contribution in [1.82, 2.24) is 0 Å². The summed E-state index contributed by atoms with van der Waals surface area (Å²) in [6, 6.07) is 0. The van der Waals surface area contributed by atoms with Crippen LogP contribution >= 0.6 is 24.0 Å². The summed E-state index contributed by atoms with van der Waals surface area (Å²) in [6.07, 6.45) is 0. The monoisotopic (exact) mass is 314 g/mol. The fourth-order valence-electron chi connectivity index (χ4n) is 0.131. The van der Waals surface area contributed by atoms with E-state index in [1.54, 1.807) is 0 Å². The fourth-order valence-corrected chi connectivity index (χ4v) is 0.394. The van der Waals surface area contributed by atoms with Crippen molar-refractivity contribution in [3.8, 4) is 0 Å². The lowest BCUT2D eigenvalue weighted by Gasteiger charge is -2.07. The number of alkyl halides is 6. The molecule has 11 heavy (non-hydrogen) atoms. The van der Waals surface area contributed by atoms with Crippen molar-refractivity contribution < 1.29 is 30.6 Å². The van der Waals surface area contributed by atoms with E-state index in [1.807, 2.05) is 0 Å². The van der Waals surface area contributed by atoms with Gasteiger partial charge < -0.3 is 0 Å². The summed E-state index contributed by atoms with van der Waals surface area (Å²) in [6.45, 7) is 0. The van der Waals surface area contributed by atoms with Gasteiger partial charge in [-0.05, 0) is 0 Å². The van der Waals surface area contributed by atoms with Crippen LogP contribution in [-0.4, -0.2) is 15.2 Å². The molecule has 0 aromatic rings. The Bertz CT molecular complexity index is 132. The Labute approximate surface area is 76.6 Å². The third kappa shape index (κ3) is 4.82. The predicted octanol–water partition coefficient (Wildman–Crippen LogP) is 2.39. The summed E-state index contributed by atoms with van der Waals surface area (Å²) >= 11 is 0. The maximum atomic E-state index is 10.9. The second kappa shape index (κ2) is 3.92. The van der Waals surface area contributed by atoms with Crippen molar-refractivity contribution in [3.63, 3.8) is 0 Å². The molecule has 0 saturated carbocycles. The van der Waals surface area contributed by atoms with E-state index in [0.717, 1.165) is 0 Å². The quantitative estimate of drug-likeness (QED) is 0.496. The summed E-state index contributed by atoms with van der Waals surface area (Å²) in [5.74, 6) is 0. The van der Waals surface area contributed by atoms with E-state index in [0.29, 0.717) is 0 Å². The molecule has 0 aromatic heterocycles. The molecule has 0 N–H and O–H groups in total. The van der Waals surface area contributed by atoms with Gasteiger partial charge in [0.25, 0.3) is 0 Å². The Morgan fingerprint density at radius 3 is 1.00 bits per heavy atom. The van der Waals surface area contributed by atoms with E-state index in [9.17, 15) is 30.6 Å². The molecule has 1 nitrogen and oxygen atoms in total. The van der Waals surface area contributed by atoms with E-state index in [4.69, 9.17) is 0 Å². The first kappa shape index (κ1) is 14.0. The lowest BCUT2D eigenvalue weighted by Crippen LogP contribution is -2.29. The van der Waals surface area contributed by atoms with Gasteiger partial charge in [0, 0.05) is 0 Å². The second-order valence-corrected chi connectivity index (χ2v) is 2.62. The summed E-state index contributed by atoms with van der Waals surface area (Å²) in [5.41, 5.74) is -11.4. The zero-order valence-electron chi connectivity index (χ0n) is 4.49. The molecule has 0 radical (unpaired) electrons. The highest BCUT2D eigenvalue weighted by atomic mass is 127. The van der Waals surface area contributed by atoms with Gasteiger partial charge in [0.15, 0.2) is 0 Å². The Morgan fingerprint density at radius 1 is 0.818 bits per heavy atom. The molecule has 0 saturated heterocycles. The molecule has 0 rings (SSSR count). The molecule has 0 amide bonds. The number of hydrogen-bond acceptors (Lipinski definition) is 1. The third-order valence-electron chi connectivity index (χ3n) is 0.420. The van der Waals surface area contributed by atoms with Crippen LogP contribution in [0.2, 0.25) is 0 Å². The molecule has 0 unspecified atom stereocenters. The Kier molecular flexibility index (Phi) is 4.99. The van der Waals surface area contributed by atoms with Gasteiger partial charge in [0.2, 0.25) is 10.8 Å². The Morgan fingerprint density at radius 2 is 1.00 bits per heavy atom. The molecule has 0 aliphatic rings. The van der Waals surface area contributed by atoms with Crippen LogP contribution in [0.3, 0.4) is 0 Å². The molecule has 0 aliphatic carbocycles. The van der Waals surface area contributed by atoms with Gasteiger partial charge in [-0.25, -0.2) is 4.21 Å². The van der Waals surface area contributed by atoms with Crippen molar-refractivity contribution in [3.05, 3.63) is 0 Å². The van der Waals surface area contributed by atoms with Gasteiger partial charge in [-0.15, -0.1) is 24.0 Å². The van der Waals surface area contributed by atoms with Gasteiger partial charge in [0.05, 0.1) is 0 Å². The molecule has 9 heteroatoms. The smallest absolute Gasteiger partial charge is 0.241 e. The summed E-state index contributed by atoms with van der Waals surface area (Å²) in [4.78, 5) is 0. The molecule has 0 heterocycles. The highest BCUT2D eigenvalue weighted by Gasteiger charge is 2.54. The highest BCUT2D eigenvalue weighted by Crippen LogP contribution is 2.32. The normalized spacial score (nSPS) is 13.0. The van der Waals surface area contributed by atoms with Crippen molar-refractivity contribution in [2.45, 2.75) is 11.0 Å². The maximum Gasteiger partial charge on any atom is 0.479 e. The SMILES string of the molecule is I.O=S(C(F)(F)F)C(F)(F)F. The maximum absolute atomic E-state index is 10.9. The minimum atomic E-state index is -5.71. The van der Waals surface area contributed by atoms with Crippen molar-refractivity contribution >= 4 is 34.8 Å². The standard InChI is InChI=1S/C2F6OS.HI/c3-1(4,5)10(9)2(6,7)8;/h;1H. The molecule has 0 aromatic carbocycles. The van der Waals surface area contributed by atoms with E-state index in [1.165, 1.54) is 0 Å². The summed E-state index contributed by atoms with van der Waals surface area (Å²) < 4.78 is 74.9. The van der Waals surface area contributed by atoms with Crippen molar-refractivity contribution in [2.24, 2.45) is 0 Å². The minimum Gasteiger partial charge on any atom is -0.241 e. The van der Waals surface area contributed by atoms with Crippen molar-refractivity contribution in [2.75, 3.05) is 0 Å². The molecular formula is C2HF6IOS. The van der Waals surface area contributed by atoms with Crippen LogP contribution in [0.5, 0.6) is 0 Å². The zero-order chi connectivity index (χ0) is 8.58. The van der Waals surface area contributed by atoms with Crippen LogP contribution in [0.4, 0.5) is 26.3 Å². The van der Waals surface area contributed by atoms with Crippen LogP contribution in [0, 0.1) is 0 Å². The second-order valence-electron chi connectivity index (χ2n) is 1.16. The Balaban J connectivity index is 0. The van der Waals surface area contributed by atoms with Gasteiger partial charge in [-0.2, -0.15) is 26.3 Å². The average Bonchev–Trinajstić information content (AvgIpc) is 1.59.